The van der Waals surface area contributed by atoms with Crippen molar-refractivity contribution in [3.63, 3.8) is 0 Å². The van der Waals surface area contributed by atoms with E-state index >= 15 is 0 Å². The summed E-state index contributed by atoms with van der Waals surface area (Å²) in [6.45, 7) is 7.55. The molecule has 1 saturated heterocycles. The second-order valence-corrected chi connectivity index (χ2v) is 7.24. The van der Waals surface area contributed by atoms with Gasteiger partial charge in [0.15, 0.2) is 16.8 Å². The van der Waals surface area contributed by atoms with Gasteiger partial charge in [0.25, 0.3) is 0 Å². The molecule has 9 heteroatoms. The lowest BCUT2D eigenvalue weighted by atomic mass is 10.3. The molecule has 8 nitrogen and oxygen atoms in total. The van der Waals surface area contributed by atoms with Crippen LogP contribution >= 0.6 is 11.8 Å². The van der Waals surface area contributed by atoms with E-state index in [9.17, 15) is 0 Å². The lowest BCUT2D eigenvalue weighted by molar-refractivity contribution is 0.633. The molecule has 140 valence electrons. The van der Waals surface area contributed by atoms with Gasteiger partial charge < -0.3 is 9.80 Å². The molecule has 0 N–H and O–H groups in total. The summed E-state index contributed by atoms with van der Waals surface area (Å²) in [6.07, 6.45) is 3.81. The number of anilines is 2. The van der Waals surface area contributed by atoms with Crippen LogP contribution in [0.15, 0.2) is 35.6 Å². The van der Waals surface area contributed by atoms with Crippen molar-refractivity contribution in [3.05, 3.63) is 41.9 Å². The molecule has 4 rings (SSSR count). The first kappa shape index (κ1) is 17.7. The van der Waals surface area contributed by atoms with Gasteiger partial charge in [0.1, 0.15) is 5.82 Å². The molecule has 3 aromatic heterocycles. The zero-order chi connectivity index (χ0) is 18.8. The first-order valence-electron chi connectivity index (χ1n) is 8.88. The predicted octanol–water partition coefficient (Wildman–Crippen LogP) is 2.12. The zero-order valence-electron chi connectivity index (χ0n) is 15.7. The van der Waals surface area contributed by atoms with E-state index in [0.29, 0.717) is 0 Å². The zero-order valence-corrected chi connectivity index (χ0v) is 16.5. The van der Waals surface area contributed by atoms with Crippen LogP contribution in [0.1, 0.15) is 11.4 Å². The molecule has 0 atom stereocenters. The second kappa shape index (κ2) is 7.51. The normalized spacial score (nSPS) is 14.6. The van der Waals surface area contributed by atoms with E-state index in [1.807, 2.05) is 55.2 Å². The maximum atomic E-state index is 4.59. The monoisotopic (exact) mass is 382 g/mol. The van der Waals surface area contributed by atoms with E-state index in [0.717, 1.165) is 60.2 Å². The third kappa shape index (κ3) is 3.73. The van der Waals surface area contributed by atoms with Gasteiger partial charge in [-0.25, -0.2) is 14.6 Å². The highest BCUT2D eigenvalue weighted by molar-refractivity contribution is 7.98. The van der Waals surface area contributed by atoms with E-state index in [1.54, 1.807) is 11.8 Å². The van der Waals surface area contributed by atoms with Gasteiger partial charge in [-0.3, -0.25) is 0 Å². The van der Waals surface area contributed by atoms with Crippen molar-refractivity contribution < 1.29 is 0 Å². The molecule has 0 spiro atoms. The smallest absolute Gasteiger partial charge is 0.189 e. The van der Waals surface area contributed by atoms with Crippen LogP contribution < -0.4 is 9.80 Å². The Hall–Kier alpha value is -2.68. The highest BCUT2D eigenvalue weighted by Crippen LogP contribution is 2.19. The number of nitrogens with zero attached hydrogens (tertiary/aromatic N) is 8. The van der Waals surface area contributed by atoms with Crippen LogP contribution in [-0.2, 0) is 0 Å². The average molecular weight is 382 g/mol. The predicted molar refractivity (Wildman–Crippen MR) is 107 cm³/mol. The Morgan fingerprint density at radius 2 is 1.56 bits per heavy atom. The van der Waals surface area contributed by atoms with Crippen LogP contribution in [0.2, 0.25) is 0 Å². The van der Waals surface area contributed by atoms with Crippen LogP contribution in [0.3, 0.4) is 0 Å². The number of piperazine rings is 1. The van der Waals surface area contributed by atoms with Crippen LogP contribution in [0.5, 0.6) is 0 Å². The molecule has 0 bridgehead atoms. The fraction of sp³-hybridized carbons (Fsp3) is 0.389. The minimum atomic E-state index is 0.744. The lowest BCUT2D eigenvalue weighted by Gasteiger charge is -2.35. The number of hydrogen-bond donors (Lipinski definition) is 0. The molecule has 0 saturated carbocycles. The number of aromatic nitrogens is 6. The summed E-state index contributed by atoms with van der Waals surface area (Å²) in [7, 11) is 0. The fourth-order valence-corrected chi connectivity index (χ4v) is 3.58. The van der Waals surface area contributed by atoms with Gasteiger partial charge in [0.2, 0.25) is 0 Å². The Morgan fingerprint density at radius 3 is 2.15 bits per heavy atom. The Morgan fingerprint density at radius 1 is 0.889 bits per heavy atom. The van der Waals surface area contributed by atoms with Gasteiger partial charge in [0, 0.05) is 38.1 Å². The largest absolute Gasteiger partial charge is 0.353 e. The minimum absolute atomic E-state index is 0.744. The van der Waals surface area contributed by atoms with E-state index in [2.05, 4.69) is 35.1 Å². The molecule has 27 heavy (non-hydrogen) atoms. The van der Waals surface area contributed by atoms with E-state index in [4.69, 9.17) is 0 Å². The number of aryl methyl sites for hydroxylation is 2. The van der Waals surface area contributed by atoms with Crippen molar-refractivity contribution in [2.45, 2.75) is 19.0 Å². The van der Waals surface area contributed by atoms with Crippen LogP contribution in [-0.4, -0.2) is 62.4 Å². The third-order valence-electron chi connectivity index (χ3n) is 4.59. The summed E-state index contributed by atoms with van der Waals surface area (Å²) >= 11 is 1.56. The quantitative estimate of drug-likeness (QED) is 0.502. The van der Waals surface area contributed by atoms with Gasteiger partial charge in [-0.15, -0.1) is 10.2 Å². The van der Waals surface area contributed by atoms with Crippen molar-refractivity contribution in [1.82, 2.24) is 29.9 Å². The first-order valence-corrected chi connectivity index (χ1v) is 10.1. The van der Waals surface area contributed by atoms with Crippen molar-refractivity contribution in [2.75, 3.05) is 42.2 Å². The van der Waals surface area contributed by atoms with Crippen molar-refractivity contribution in [2.24, 2.45) is 0 Å². The van der Waals surface area contributed by atoms with Crippen molar-refractivity contribution in [1.29, 1.82) is 0 Å². The number of thioether (sulfide) groups is 1. The topological polar surface area (TPSA) is 75.9 Å². The van der Waals surface area contributed by atoms with E-state index in [-0.39, 0.29) is 0 Å². The molecule has 0 aromatic carbocycles. The number of hydrogen-bond acceptors (Lipinski definition) is 8. The summed E-state index contributed by atoms with van der Waals surface area (Å²) in [5, 5.41) is 14.1. The second-order valence-electron chi connectivity index (χ2n) is 6.46. The van der Waals surface area contributed by atoms with Crippen LogP contribution in [0, 0.1) is 13.8 Å². The molecule has 4 heterocycles. The lowest BCUT2D eigenvalue weighted by Crippen LogP contribution is -2.47. The van der Waals surface area contributed by atoms with E-state index in [1.165, 1.54) is 0 Å². The Balaban J connectivity index is 1.43. The molecular weight excluding hydrogens is 360 g/mol. The molecule has 0 aliphatic carbocycles. The molecule has 1 fully saturated rings. The Bertz CT molecular complexity index is 915. The molecule has 1 aliphatic rings. The molecule has 3 aromatic rings. The summed E-state index contributed by atoms with van der Waals surface area (Å²) in [5.41, 5.74) is 2.03. The van der Waals surface area contributed by atoms with Gasteiger partial charge in [-0.2, -0.15) is 5.10 Å². The summed E-state index contributed by atoms with van der Waals surface area (Å²) in [6, 6.07) is 8.00. The average Bonchev–Trinajstić information content (AvgIpc) is 3.06. The van der Waals surface area contributed by atoms with Crippen molar-refractivity contribution >= 4 is 23.4 Å². The minimum Gasteiger partial charge on any atom is -0.353 e. The Kier molecular flexibility index (Phi) is 4.93. The summed E-state index contributed by atoms with van der Waals surface area (Å²) in [4.78, 5) is 13.4. The van der Waals surface area contributed by atoms with Crippen LogP contribution in [0.25, 0.3) is 5.82 Å². The van der Waals surface area contributed by atoms with Crippen LogP contribution in [0.4, 0.5) is 11.6 Å². The number of rotatable bonds is 4. The summed E-state index contributed by atoms with van der Waals surface area (Å²) < 4.78 is 1.82. The van der Waals surface area contributed by atoms with E-state index < -0.39 is 0 Å². The van der Waals surface area contributed by atoms with Gasteiger partial charge in [0.05, 0.1) is 5.69 Å². The molecular formula is C18H22N8S. The third-order valence-corrected chi connectivity index (χ3v) is 5.15. The van der Waals surface area contributed by atoms with Gasteiger partial charge >= 0.3 is 0 Å². The highest BCUT2D eigenvalue weighted by atomic mass is 32.2. The molecule has 1 aliphatic heterocycles. The van der Waals surface area contributed by atoms with Gasteiger partial charge in [-0.05, 0) is 44.4 Å². The molecule has 0 unspecified atom stereocenters. The molecule has 0 amide bonds. The SMILES string of the molecule is CSc1nccc(N2CCN(c3ccc(-n4nc(C)cc4C)nn3)CC2)n1. The fourth-order valence-electron chi connectivity index (χ4n) is 3.23. The highest BCUT2D eigenvalue weighted by Gasteiger charge is 2.20. The maximum absolute atomic E-state index is 4.59. The molecule has 0 radical (unpaired) electrons. The standard InChI is InChI=1S/C18H22N8S/c1-13-12-14(2)26(23-13)17-5-4-16(21-22-17)25-10-8-24(9-11-25)15-6-7-19-18(20-15)27-3/h4-7,12H,8-11H2,1-3H3. The Labute approximate surface area is 162 Å². The maximum Gasteiger partial charge on any atom is 0.189 e. The summed E-state index contributed by atoms with van der Waals surface area (Å²) in [5.74, 6) is 2.63. The first-order chi connectivity index (χ1) is 13.1. The van der Waals surface area contributed by atoms with Gasteiger partial charge in [-0.1, -0.05) is 11.8 Å². The van der Waals surface area contributed by atoms with Crippen molar-refractivity contribution in [3.8, 4) is 5.82 Å².